The number of carbonyl (C=O) groups excluding carboxylic acids is 1. The van der Waals surface area contributed by atoms with Gasteiger partial charge in [-0.3, -0.25) is 10.1 Å². The largest absolute Gasteiger partial charge is 0.508 e. The molecule has 1 aliphatic rings. The van der Waals surface area contributed by atoms with Gasteiger partial charge in [0, 0.05) is 18.7 Å². The van der Waals surface area contributed by atoms with Gasteiger partial charge in [-0.1, -0.05) is 55.5 Å². The minimum atomic E-state index is -1.08. The Kier molecular flexibility index (Phi) is 8.68. The number of nitrogens with one attached hydrogen (secondary N) is 1. The van der Waals surface area contributed by atoms with Gasteiger partial charge in [0.1, 0.15) is 5.76 Å². The Labute approximate surface area is 185 Å². The van der Waals surface area contributed by atoms with Gasteiger partial charge in [0.15, 0.2) is 6.23 Å². The minimum Gasteiger partial charge on any atom is -0.508 e. The first-order chi connectivity index (χ1) is 15.1. The minimum absolute atomic E-state index is 0.0475. The lowest BCUT2D eigenvalue weighted by molar-refractivity contribution is 0.0689. The highest BCUT2D eigenvalue weighted by molar-refractivity contribution is 5.95. The normalized spacial score (nSPS) is 16.3. The zero-order chi connectivity index (χ0) is 22.1. The third kappa shape index (κ3) is 6.68. The number of likely N-dealkylation sites (tertiary alicyclic amines) is 1. The smallest absolute Gasteiger partial charge is 0.254 e. The lowest BCUT2D eigenvalue weighted by atomic mass is 9.89. The summed E-state index contributed by atoms with van der Waals surface area (Å²) in [5.41, 5.74) is 2.89. The summed E-state index contributed by atoms with van der Waals surface area (Å²) in [4.78, 5) is 15.1. The van der Waals surface area contributed by atoms with Crippen molar-refractivity contribution in [1.82, 2.24) is 10.2 Å². The monoisotopic (exact) mass is 422 g/mol. The standard InChI is InChI=1S/C26H34N2O3/c1-2-16-27-25(30)24(29)13-12-22-10-6-7-11-23(22)26(31)28-17-14-21(15-18-28)19-20-8-4-3-5-9-20/h3-11,13,21,25,27,29-30H,2,12,14-19H2,1H3/b24-13-. The van der Waals surface area contributed by atoms with E-state index in [1.807, 2.05) is 42.2 Å². The van der Waals surface area contributed by atoms with Gasteiger partial charge >= 0.3 is 0 Å². The lowest BCUT2D eigenvalue weighted by Crippen LogP contribution is -2.39. The van der Waals surface area contributed by atoms with Crippen molar-refractivity contribution in [3.05, 3.63) is 83.1 Å². The number of piperidine rings is 1. The van der Waals surface area contributed by atoms with Crippen LogP contribution in [0, 0.1) is 5.92 Å². The first-order valence-corrected chi connectivity index (χ1v) is 11.3. The second-order valence-electron chi connectivity index (χ2n) is 8.27. The van der Waals surface area contributed by atoms with Crippen molar-refractivity contribution in [2.75, 3.05) is 19.6 Å². The summed E-state index contributed by atoms with van der Waals surface area (Å²) >= 11 is 0. The molecule has 1 heterocycles. The fourth-order valence-electron chi connectivity index (χ4n) is 4.08. The van der Waals surface area contributed by atoms with Gasteiger partial charge in [0.2, 0.25) is 0 Å². The van der Waals surface area contributed by atoms with E-state index >= 15 is 0 Å². The zero-order valence-corrected chi connectivity index (χ0v) is 18.3. The molecule has 2 aromatic carbocycles. The van der Waals surface area contributed by atoms with Crippen molar-refractivity contribution in [3.8, 4) is 0 Å². The van der Waals surface area contributed by atoms with Gasteiger partial charge < -0.3 is 15.1 Å². The number of nitrogens with zero attached hydrogens (tertiary/aromatic N) is 1. The highest BCUT2D eigenvalue weighted by Crippen LogP contribution is 2.24. The molecular weight excluding hydrogens is 388 g/mol. The number of hydrogen-bond acceptors (Lipinski definition) is 4. The van der Waals surface area contributed by atoms with E-state index in [-0.39, 0.29) is 11.7 Å². The van der Waals surface area contributed by atoms with Gasteiger partial charge in [0.05, 0.1) is 0 Å². The Morgan fingerprint density at radius 2 is 1.81 bits per heavy atom. The van der Waals surface area contributed by atoms with E-state index in [2.05, 4.69) is 29.6 Å². The van der Waals surface area contributed by atoms with E-state index in [4.69, 9.17) is 0 Å². The Hall–Kier alpha value is -2.63. The summed E-state index contributed by atoms with van der Waals surface area (Å²) in [6.45, 7) is 4.15. The van der Waals surface area contributed by atoms with Crippen LogP contribution < -0.4 is 5.32 Å². The second kappa shape index (κ2) is 11.7. The van der Waals surface area contributed by atoms with Crippen molar-refractivity contribution in [3.63, 3.8) is 0 Å². The zero-order valence-electron chi connectivity index (χ0n) is 18.3. The van der Waals surface area contributed by atoms with E-state index < -0.39 is 6.23 Å². The van der Waals surface area contributed by atoms with E-state index in [1.54, 1.807) is 6.08 Å². The molecule has 1 aliphatic heterocycles. The average Bonchev–Trinajstić information content (AvgIpc) is 2.82. The number of allylic oxidation sites excluding steroid dienone is 1. The number of benzene rings is 2. The van der Waals surface area contributed by atoms with Crippen molar-refractivity contribution >= 4 is 5.91 Å². The van der Waals surface area contributed by atoms with Crippen molar-refractivity contribution in [1.29, 1.82) is 0 Å². The molecule has 1 unspecified atom stereocenters. The van der Waals surface area contributed by atoms with Crippen LogP contribution in [0.1, 0.15) is 47.7 Å². The van der Waals surface area contributed by atoms with Gasteiger partial charge in [-0.15, -0.1) is 0 Å². The molecule has 0 saturated carbocycles. The van der Waals surface area contributed by atoms with Crippen LogP contribution in [0.4, 0.5) is 0 Å². The predicted molar refractivity (Wildman–Crippen MR) is 124 cm³/mol. The van der Waals surface area contributed by atoms with Crippen LogP contribution in [0.3, 0.4) is 0 Å². The maximum absolute atomic E-state index is 13.2. The van der Waals surface area contributed by atoms with Gasteiger partial charge in [-0.25, -0.2) is 0 Å². The number of hydrogen-bond donors (Lipinski definition) is 3. The molecule has 5 nitrogen and oxygen atoms in total. The van der Waals surface area contributed by atoms with Crippen LogP contribution >= 0.6 is 0 Å². The number of carbonyl (C=O) groups is 1. The molecule has 0 bridgehead atoms. The molecule has 2 aromatic rings. The molecule has 1 fully saturated rings. The quantitative estimate of drug-likeness (QED) is 0.421. The Morgan fingerprint density at radius 3 is 2.52 bits per heavy atom. The average molecular weight is 423 g/mol. The molecule has 0 radical (unpaired) electrons. The summed E-state index contributed by atoms with van der Waals surface area (Å²) in [7, 11) is 0. The summed E-state index contributed by atoms with van der Waals surface area (Å²) in [5, 5.41) is 22.9. The maximum Gasteiger partial charge on any atom is 0.254 e. The molecule has 3 N–H and O–H groups in total. The number of amides is 1. The Morgan fingerprint density at radius 1 is 1.13 bits per heavy atom. The predicted octanol–water partition coefficient (Wildman–Crippen LogP) is 4.08. The molecule has 1 saturated heterocycles. The topological polar surface area (TPSA) is 72.8 Å². The lowest BCUT2D eigenvalue weighted by Gasteiger charge is -2.32. The fourth-order valence-corrected chi connectivity index (χ4v) is 4.08. The maximum atomic E-state index is 13.2. The third-order valence-corrected chi connectivity index (χ3v) is 5.92. The number of rotatable bonds is 9. The van der Waals surface area contributed by atoms with Crippen molar-refractivity contribution < 1.29 is 15.0 Å². The molecule has 1 atom stereocenters. The fraction of sp³-hybridized carbons (Fsp3) is 0.423. The highest BCUT2D eigenvalue weighted by Gasteiger charge is 2.25. The summed E-state index contributed by atoms with van der Waals surface area (Å²) in [6, 6.07) is 18.1. The van der Waals surface area contributed by atoms with Crippen LogP contribution in [-0.4, -0.2) is 46.9 Å². The van der Waals surface area contributed by atoms with Crippen LogP contribution in [0.2, 0.25) is 0 Å². The first-order valence-electron chi connectivity index (χ1n) is 11.3. The van der Waals surface area contributed by atoms with Gasteiger partial charge in [0.25, 0.3) is 5.91 Å². The van der Waals surface area contributed by atoms with Crippen molar-refractivity contribution in [2.24, 2.45) is 5.92 Å². The SMILES string of the molecule is CCCNC(O)/C(O)=C/Cc1ccccc1C(=O)N1CCC(Cc2ccccc2)CC1. The molecule has 0 aromatic heterocycles. The molecule has 166 valence electrons. The molecule has 0 aliphatic carbocycles. The summed E-state index contributed by atoms with van der Waals surface area (Å²) < 4.78 is 0. The molecule has 0 spiro atoms. The molecule has 1 amide bonds. The van der Waals surface area contributed by atoms with E-state index in [0.717, 1.165) is 44.3 Å². The molecule has 3 rings (SSSR count). The number of aliphatic hydroxyl groups is 2. The molecule has 5 heteroatoms. The van der Waals surface area contributed by atoms with Crippen molar-refractivity contribution in [2.45, 2.75) is 45.3 Å². The highest BCUT2D eigenvalue weighted by atomic mass is 16.3. The number of aliphatic hydroxyl groups excluding tert-OH is 2. The van der Waals surface area contributed by atoms with Crippen LogP contribution in [0.25, 0.3) is 0 Å². The van der Waals surface area contributed by atoms with Gasteiger partial charge in [-0.2, -0.15) is 0 Å². The second-order valence-corrected chi connectivity index (χ2v) is 8.27. The Balaban J connectivity index is 1.59. The van der Waals surface area contributed by atoms with Crippen LogP contribution in [0.15, 0.2) is 66.4 Å². The van der Waals surface area contributed by atoms with E-state index in [9.17, 15) is 15.0 Å². The summed E-state index contributed by atoms with van der Waals surface area (Å²) in [5.74, 6) is 0.544. The van der Waals surface area contributed by atoms with Gasteiger partial charge in [-0.05, 0) is 67.8 Å². The molecule has 31 heavy (non-hydrogen) atoms. The first kappa shape index (κ1) is 23.0. The molecular formula is C26H34N2O3. The van der Waals surface area contributed by atoms with Crippen LogP contribution in [-0.2, 0) is 12.8 Å². The van der Waals surface area contributed by atoms with E-state index in [1.165, 1.54) is 5.56 Å². The summed E-state index contributed by atoms with van der Waals surface area (Å²) in [6.07, 6.45) is 4.85. The van der Waals surface area contributed by atoms with E-state index in [0.29, 0.717) is 24.4 Å². The van der Waals surface area contributed by atoms with Crippen LogP contribution in [0.5, 0.6) is 0 Å². The third-order valence-electron chi connectivity index (χ3n) is 5.92. The Bertz CT molecular complexity index is 858.